The zero-order valence-electron chi connectivity index (χ0n) is 30.8. The van der Waals surface area contributed by atoms with Crippen LogP contribution in [0.2, 0.25) is 0 Å². The van der Waals surface area contributed by atoms with E-state index in [2.05, 4.69) is 240 Å². The van der Waals surface area contributed by atoms with E-state index < -0.39 is 0 Å². The summed E-state index contributed by atoms with van der Waals surface area (Å²) in [6.45, 7) is 0. The summed E-state index contributed by atoms with van der Waals surface area (Å²) in [4.78, 5) is 2.38. The van der Waals surface area contributed by atoms with E-state index in [1.165, 1.54) is 55.2 Å². The van der Waals surface area contributed by atoms with Crippen LogP contribution in [0.3, 0.4) is 0 Å². The van der Waals surface area contributed by atoms with Gasteiger partial charge in [0.1, 0.15) is 0 Å². The van der Waals surface area contributed by atoms with Crippen molar-refractivity contribution in [1.29, 1.82) is 0 Å². The second-order valence-electron chi connectivity index (χ2n) is 14.2. The summed E-state index contributed by atoms with van der Waals surface area (Å²) in [5, 5.41) is 2.52. The maximum atomic E-state index is 2.38. The van der Waals surface area contributed by atoms with Crippen LogP contribution < -0.4 is 4.90 Å². The van der Waals surface area contributed by atoms with Crippen LogP contribution in [0.4, 0.5) is 17.1 Å². The fraction of sp³-hybridized carbons (Fsp3) is 0. The molecule has 10 rings (SSSR count). The molecule has 9 aromatic carbocycles. The molecule has 0 unspecified atom stereocenters. The van der Waals surface area contributed by atoms with Crippen molar-refractivity contribution in [1.82, 2.24) is 4.57 Å². The van der Waals surface area contributed by atoms with Crippen molar-refractivity contribution in [2.75, 3.05) is 4.90 Å². The van der Waals surface area contributed by atoms with Crippen LogP contribution in [0.5, 0.6) is 0 Å². The average molecular weight is 715 g/mol. The van der Waals surface area contributed by atoms with Gasteiger partial charge in [-0.3, -0.25) is 0 Å². The Hall–Kier alpha value is -7.42. The van der Waals surface area contributed by atoms with Crippen molar-refractivity contribution in [3.05, 3.63) is 231 Å². The highest BCUT2D eigenvalue weighted by Gasteiger charge is 2.18. The molecule has 0 saturated carbocycles. The molecule has 0 fully saturated rings. The zero-order chi connectivity index (χ0) is 37.3. The van der Waals surface area contributed by atoms with Gasteiger partial charge in [0.15, 0.2) is 0 Å². The fourth-order valence-electron chi connectivity index (χ4n) is 8.05. The number of rotatable bonds is 8. The minimum absolute atomic E-state index is 1.10. The Morgan fingerprint density at radius 1 is 0.286 bits per heavy atom. The molecule has 0 N–H and O–H groups in total. The summed E-state index contributed by atoms with van der Waals surface area (Å²) in [7, 11) is 0. The summed E-state index contributed by atoms with van der Waals surface area (Å²) >= 11 is 0. The number of hydrogen-bond acceptors (Lipinski definition) is 1. The van der Waals surface area contributed by atoms with Crippen molar-refractivity contribution in [2.24, 2.45) is 0 Å². The number of anilines is 3. The number of hydrogen-bond donors (Lipinski definition) is 0. The van der Waals surface area contributed by atoms with Gasteiger partial charge in [0.05, 0.1) is 16.7 Å². The first kappa shape index (κ1) is 33.2. The van der Waals surface area contributed by atoms with Gasteiger partial charge in [0.25, 0.3) is 0 Å². The molecule has 0 aliphatic carbocycles. The van der Waals surface area contributed by atoms with Crippen LogP contribution in [-0.2, 0) is 0 Å². The van der Waals surface area contributed by atoms with Gasteiger partial charge in [-0.15, -0.1) is 0 Å². The minimum atomic E-state index is 1.10. The highest BCUT2D eigenvalue weighted by molar-refractivity contribution is 6.10. The lowest BCUT2D eigenvalue weighted by Gasteiger charge is -2.28. The molecule has 2 heteroatoms. The van der Waals surface area contributed by atoms with Crippen LogP contribution in [0, 0.1) is 0 Å². The molecule has 2 nitrogen and oxygen atoms in total. The SMILES string of the molecule is c1ccc(-c2ccc(N(c3ccc(-c4ccccc4)cc3)c3ccccc3-c3ccc(-c4ccc5c6ccccc6n(-c6ccccc6)c5c4)cc3)cc2)cc1. The molecule has 0 amide bonds. The Balaban J connectivity index is 1.05. The van der Waals surface area contributed by atoms with E-state index in [1.807, 2.05) is 0 Å². The van der Waals surface area contributed by atoms with Crippen LogP contribution >= 0.6 is 0 Å². The molecule has 0 atom stereocenters. The Bertz CT molecular complexity index is 2830. The predicted octanol–water partition coefficient (Wildman–Crippen LogP) is 14.9. The van der Waals surface area contributed by atoms with Crippen LogP contribution in [0.25, 0.3) is 72.0 Å². The molecule has 0 radical (unpaired) electrons. The van der Waals surface area contributed by atoms with Crippen molar-refractivity contribution in [2.45, 2.75) is 0 Å². The van der Waals surface area contributed by atoms with Crippen molar-refractivity contribution in [3.63, 3.8) is 0 Å². The standard InChI is InChI=1S/C54H38N2/c1-4-14-39(15-5-1)41-28-33-47(34-29-41)55(48-35-30-42(31-36-48)40-16-6-2-7-17-40)52-22-12-10-20-49(52)44-26-24-43(25-27-44)45-32-37-51-50-21-11-13-23-53(50)56(54(51)38-45)46-18-8-3-9-19-46/h1-38H. The molecular weight excluding hydrogens is 677 g/mol. The number of fused-ring (bicyclic) bond motifs is 3. The van der Waals surface area contributed by atoms with Crippen molar-refractivity contribution >= 4 is 38.9 Å². The summed E-state index contributed by atoms with van der Waals surface area (Å²) in [6, 6.07) is 83.0. The number of aromatic nitrogens is 1. The maximum absolute atomic E-state index is 2.38. The van der Waals surface area contributed by atoms with E-state index in [0.29, 0.717) is 0 Å². The largest absolute Gasteiger partial charge is 0.310 e. The van der Waals surface area contributed by atoms with E-state index in [0.717, 1.165) is 33.9 Å². The van der Waals surface area contributed by atoms with Gasteiger partial charge in [-0.05, 0) is 93.5 Å². The second kappa shape index (κ2) is 14.4. The smallest absolute Gasteiger partial charge is 0.0547 e. The number of para-hydroxylation sites is 3. The molecule has 10 aromatic rings. The molecule has 56 heavy (non-hydrogen) atoms. The lowest BCUT2D eigenvalue weighted by atomic mass is 9.97. The quantitative estimate of drug-likeness (QED) is 0.152. The molecule has 1 aromatic heterocycles. The summed E-state index contributed by atoms with van der Waals surface area (Å²) in [5.74, 6) is 0. The molecular formula is C54H38N2. The van der Waals surface area contributed by atoms with Crippen molar-refractivity contribution in [3.8, 4) is 50.2 Å². The molecule has 0 aliphatic rings. The van der Waals surface area contributed by atoms with Gasteiger partial charge in [-0.25, -0.2) is 0 Å². The first-order valence-corrected chi connectivity index (χ1v) is 19.2. The lowest BCUT2D eigenvalue weighted by Crippen LogP contribution is -2.11. The third-order valence-corrected chi connectivity index (χ3v) is 10.8. The normalized spacial score (nSPS) is 11.2. The maximum Gasteiger partial charge on any atom is 0.0547 e. The zero-order valence-corrected chi connectivity index (χ0v) is 30.8. The first-order chi connectivity index (χ1) is 27.8. The first-order valence-electron chi connectivity index (χ1n) is 19.2. The highest BCUT2D eigenvalue weighted by Crippen LogP contribution is 2.42. The van der Waals surface area contributed by atoms with E-state index >= 15 is 0 Å². The van der Waals surface area contributed by atoms with Crippen LogP contribution in [0.1, 0.15) is 0 Å². The van der Waals surface area contributed by atoms with Gasteiger partial charge in [0.2, 0.25) is 0 Å². The fourth-order valence-corrected chi connectivity index (χ4v) is 8.05. The molecule has 264 valence electrons. The molecule has 0 spiro atoms. The van der Waals surface area contributed by atoms with Gasteiger partial charge in [0, 0.05) is 33.4 Å². The monoisotopic (exact) mass is 714 g/mol. The van der Waals surface area contributed by atoms with Gasteiger partial charge < -0.3 is 9.47 Å². The third-order valence-electron chi connectivity index (χ3n) is 10.8. The summed E-state index contributed by atoms with van der Waals surface area (Å²) in [5.41, 5.74) is 16.4. The van der Waals surface area contributed by atoms with Gasteiger partial charge in [-0.2, -0.15) is 0 Å². The number of nitrogens with zero attached hydrogens (tertiary/aromatic N) is 2. The van der Waals surface area contributed by atoms with E-state index in [4.69, 9.17) is 0 Å². The molecule has 0 saturated heterocycles. The Morgan fingerprint density at radius 3 is 1.34 bits per heavy atom. The highest BCUT2D eigenvalue weighted by atomic mass is 15.1. The molecule has 0 aliphatic heterocycles. The van der Waals surface area contributed by atoms with E-state index in [-0.39, 0.29) is 0 Å². The summed E-state index contributed by atoms with van der Waals surface area (Å²) in [6.07, 6.45) is 0. The third kappa shape index (κ3) is 6.14. The second-order valence-corrected chi connectivity index (χ2v) is 14.2. The predicted molar refractivity (Wildman–Crippen MR) is 237 cm³/mol. The minimum Gasteiger partial charge on any atom is -0.310 e. The Kier molecular flexibility index (Phi) is 8.55. The van der Waals surface area contributed by atoms with Crippen LogP contribution in [-0.4, -0.2) is 4.57 Å². The number of benzene rings is 9. The van der Waals surface area contributed by atoms with E-state index in [9.17, 15) is 0 Å². The van der Waals surface area contributed by atoms with Crippen molar-refractivity contribution < 1.29 is 0 Å². The topological polar surface area (TPSA) is 8.17 Å². The lowest BCUT2D eigenvalue weighted by molar-refractivity contribution is 1.18. The molecule has 1 heterocycles. The van der Waals surface area contributed by atoms with Crippen LogP contribution in [0.15, 0.2) is 231 Å². The average Bonchev–Trinajstić information content (AvgIpc) is 3.62. The Labute approximate surface area is 327 Å². The van der Waals surface area contributed by atoms with Gasteiger partial charge in [-0.1, -0.05) is 176 Å². The van der Waals surface area contributed by atoms with E-state index in [1.54, 1.807) is 0 Å². The molecule has 0 bridgehead atoms. The summed E-state index contributed by atoms with van der Waals surface area (Å²) < 4.78 is 2.38. The van der Waals surface area contributed by atoms with Gasteiger partial charge >= 0.3 is 0 Å². The Morgan fingerprint density at radius 2 is 0.714 bits per heavy atom.